The number of piperidine rings is 1. The molecule has 0 bridgehead atoms. The summed E-state index contributed by atoms with van der Waals surface area (Å²) < 4.78 is 4.95. The molecule has 0 aromatic rings. The molecule has 6 heteroatoms. The summed E-state index contributed by atoms with van der Waals surface area (Å²) in [5.41, 5.74) is 0. The molecule has 0 aromatic carbocycles. The van der Waals surface area contributed by atoms with Crippen molar-refractivity contribution in [3.63, 3.8) is 0 Å². The van der Waals surface area contributed by atoms with Crippen molar-refractivity contribution in [2.45, 2.75) is 18.9 Å². The van der Waals surface area contributed by atoms with E-state index in [1.807, 2.05) is 0 Å². The summed E-state index contributed by atoms with van der Waals surface area (Å²) in [6.45, 7) is 3.30. The second-order valence-corrected chi connectivity index (χ2v) is 3.36. The molecule has 0 amide bonds. The van der Waals surface area contributed by atoms with Crippen molar-refractivity contribution >= 4 is 0 Å². The highest BCUT2D eigenvalue weighted by Crippen LogP contribution is 2.13. The van der Waals surface area contributed by atoms with Gasteiger partial charge in [0.25, 0.3) is 5.09 Å². The molecule has 0 aliphatic carbocycles. The van der Waals surface area contributed by atoms with Crippen LogP contribution in [0.5, 0.6) is 0 Å². The Kier molecular flexibility index (Phi) is 4.61. The van der Waals surface area contributed by atoms with Crippen molar-refractivity contribution in [1.29, 1.82) is 0 Å². The highest BCUT2D eigenvalue weighted by molar-refractivity contribution is 4.71. The molecule has 14 heavy (non-hydrogen) atoms. The standard InChI is InChI=1S/C8H16N2O4/c1-13-7-6-9-4-2-8(3-5-9)14-10(11)12/h8H,2-7H2,1H3. The Morgan fingerprint density at radius 3 is 2.64 bits per heavy atom. The van der Waals surface area contributed by atoms with Crippen molar-refractivity contribution in [2.75, 3.05) is 33.4 Å². The second-order valence-electron chi connectivity index (χ2n) is 3.36. The zero-order valence-electron chi connectivity index (χ0n) is 8.35. The summed E-state index contributed by atoms with van der Waals surface area (Å²) in [7, 11) is 1.67. The normalized spacial score (nSPS) is 19.5. The van der Waals surface area contributed by atoms with Crippen LogP contribution in [0.4, 0.5) is 0 Å². The van der Waals surface area contributed by atoms with Crippen molar-refractivity contribution in [1.82, 2.24) is 4.90 Å². The fourth-order valence-electron chi connectivity index (χ4n) is 1.58. The van der Waals surface area contributed by atoms with E-state index < -0.39 is 5.09 Å². The molecule has 0 spiro atoms. The van der Waals surface area contributed by atoms with Crippen molar-refractivity contribution in [2.24, 2.45) is 0 Å². The smallest absolute Gasteiger partial charge is 0.294 e. The molecule has 0 saturated carbocycles. The summed E-state index contributed by atoms with van der Waals surface area (Å²) in [5.74, 6) is 0. The van der Waals surface area contributed by atoms with E-state index in [4.69, 9.17) is 4.74 Å². The average molecular weight is 204 g/mol. The largest absolute Gasteiger partial charge is 0.383 e. The third-order valence-electron chi connectivity index (χ3n) is 2.38. The number of methoxy groups -OCH3 is 1. The van der Waals surface area contributed by atoms with E-state index in [0.717, 1.165) is 32.5 Å². The van der Waals surface area contributed by atoms with Crippen LogP contribution >= 0.6 is 0 Å². The van der Waals surface area contributed by atoms with E-state index in [9.17, 15) is 10.1 Å². The lowest BCUT2D eigenvalue weighted by atomic mass is 10.1. The van der Waals surface area contributed by atoms with E-state index in [0.29, 0.717) is 6.61 Å². The zero-order valence-corrected chi connectivity index (χ0v) is 8.35. The second kappa shape index (κ2) is 5.77. The predicted octanol–water partition coefficient (Wildman–Crippen LogP) is 0.305. The van der Waals surface area contributed by atoms with Crippen LogP contribution in [0.15, 0.2) is 0 Å². The summed E-state index contributed by atoms with van der Waals surface area (Å²) in [5, 5.41) is 9.37. The number of hydrogen-bond acceptors (Lipinski definition) is 5. The van der Waals surface area contributed by atoms with Gasteiger partial charge in [-0.25, -0.2) is 0 Å². The number of nitrogens with zero attached hydrogens (tertiary/aromatic N) is 2. The quantitative estimate of drug-likeness (QED) is 0.476. The lowest BCUT2D eigenvalue weighted by Gasteiger charge is -2.30. The molecule has 0 atom stereocenters. The zero-order chi connectivity index (χ0) is 10.4. The van der Waals surface area contributed by atoms with Crippen LogP contribution in [-0.4, -0.2) is 49.4 Å². The van der Waals surface area contributed by atoms with Gasteiger partial charge in [0.2, 0.25) is 0 Å². The Balaban J connectivity index is 2.14. The Morgan fingerprint density at radius 2 is 2.14 bits per heavy atom. The van der Waals surface area contributed by atoms with Gasteiger partial charge in [0, 0.05) is 26.7 Å². The van der Waals surface area contributed by atoms with Gasteiger partial charge in [-0.3, -0.25) is 0 Å². The molecule has 1 saturated heterocycles. The fourth-order valence-corrected chi connectivity index (χ4v) is 1.58. The van der Waals surface area contributed by atoms with E-state index >= 15 is 0 Å². The van der Waals surface area contributed by atoms with Gasteiger partial charge in [0.05, 0.1) is 6.61 Å². The van der Waals surface area contributed by atoms with Crippen LogP contribution < -0.4 is 0 Å². The molecule has 1 rings (SSSR count). The van der Waals surface area contributed by atoms with Crippen LogP contribution in [0.3, 0.4) is 0 Å². The van der Waals surface area contributed by atoms with Gasteiger partial charge in [0.1, 0.15) is 6.10 Å². The van der Waals surface area contributed by atoms with Crippen molar-refractivity contribution < 1.29 is 14.7 Å². The SMILES string of the molecule is COCCN1CCC(O[N+](=O)[O-])CC1. The van der Waals surface area contributed by atoms with E-state index in [1.54, 1.807) is 7.11 Å². The van der Waals surface area contributed by atoms with E-state index in [-0.39, 0.29) is 6.10 Å². The first-order chi connectivity index (χ1) is 6.72. The number of hydrogen-bond donors (Lipinski definition) is 0. The third-order valence-corrected chi connectivity index (χ3v) is 2.38. The first kappa shape index (κ1) is 11.2. The van der Waals surface area contributed by atoms with Gasteiger partial charge in [-0.05, 0) is 12.8 Å². The Morgan fingerprint density at radius 1 is 1.50 bits per heavy atom. The molecule has 0 radical (unpaired) electrons. The van der Waals surface area contributed by atoms with E-state index in [2.05, 4.69) is 9.74 Å². The number of ether oxygens (including phenoxy) is 1. The van der Waals surface area contributed by atoms with Crippen LogP contribution in [0.2, 0.25) is 0 Å². The molecular weight excluding hydrogens is 188 g/mol. The summed E-state index contributed by atoms with van der Waals surface area (Å²) in [4.78, 5) is 16.8. The molecule has 1 heterocycles. The molecule has 82 valence electrons. The van der Waals surface area contributed by atoms with Crippen LogP contribution in [0.1, 0.15) is 12.8 Å². The topological polar surface area (TPSA) is 64.8 Å². The molecule has 0 aromatic heterocycles. The van der Waals surface area contributed by atoms with Crippen LogP contribution in [0.25, 0.3) is 0 Å². The average Bonchev–Trinajstić information content (AvgIpc) is 2.16. The minimum Gasteiger partial charge on any atom is -0.383 e. The van der Waals surface area contributed by atoms with Gasteiger partial charge in [-0.2, -0.15) is 0 Å². The Bertz CT molecular complexity index is 180. The Labute approximate surface area is 82.9 Å². The molecule has 1 aliphatic rings. The van der Waals surface area contributed by atoms with Crippen molar-refractivity contribution in [3.8, 4) is 0 Å². The van der Waals surface area contributed by atoms with E-state index in [1.165, 1.54) is 0 Å². The lowest BCUT2D eigenvalue weighted by molar-refractivity contribution is -0.769. The minimum atomic E-state index is -0.699. The monoisotopic (exact) mass is 204 g/mol. The van der Waals surface area contributed by atoms with Gasteiger partial charge >= 0.3 is 0 Å². The maximum Gasteiger partial charge on any atom is 0.294 e. The van der Waals surface area contributed by atoms with Gasteiger partial charge in [0.15, 0.2) is 0 Å². The van der Waals surface area contributed by atoms with Crippen LogP contribution in [-0.2, 0) is 9.57 Å². The lowest BCUT2D eigenvalue weighted by Crippen LogP contribution is -2.39. The highest BCUT2D eigenvalue weighted by atomic mass is 17.0. The maximum atomic E-state index is 10.1. The molecule has 0 N–H and O–H groups in total. The van der Waals surface area contributed by atoms with Crippen LogP contribution in [0, 0.1) is 10.1 Å². The molecule has 0 unspecified atom stereocenters. The molecule has 1 aliphatic heterocycles. The predicted molar refractivity (Wildman–Crippen MR) is 49.4 cm³/mol. The summed E-state index contributed by atoms with van der Waals surface area (Å²) in [6.07, 6.45) is 1.24. The first-order valence-corrected chi connectivity index (χ1v) is 4.75. The minimum absolute atomic E-state index is 0.219. The van der Waals surface area contributed by atoms with Crippen molar-refractivity contribution in [3.05, 3.63) is 10.1 Å². The number of rotatable bonds is 5. The van der Waals surface area contributed by atoms with Gasteiger partial charge in [-0.1, -0.05) is 0 Å². The summed E-state index contributed by atoms with van der Waals surface area (Å²) in [6, 6.07) is 0. The van der Waals surface area contributed by atoms with Gasteiger partial charge in [-0.15, -0.1) is 10.1 Å². The molecule has 6 nitrogen and oxygen atoms in total. The molecule has 1 fully saturated rings. The highest BCUT2D eigenvalue weighted by Gasteiger charge is 2.21. The third kappa shape index (κ3) is 3.89. The maximum absolute atomic E-state index is 10.1. The summed E-state index contributed by atoms with van der Waals surface area (Å²) >= 11 is 0. The number of likely N-dealkylation sites (tertiary alicyclic amines) is 1. The first-order valence-electron chi connectivity index (χ1n) is 4.75. The van der Waals surface area contributed by atoms with Gasteiger partial charge < -0.3 is 14.5 Å². The Hall–Kier alpha value is -0.880. The fraction of sp³-hybridized carbons (Fsp3) is 1.00. The molecular formula is C8H16N2O4.